The largest absolute Gasteiger partial charge is 0.461 e. The van der Waals surface area contributed by atoms with Crippen LogP contribution in [-0.4, -0.2) is 26.8 Å². The van der Waals surface area contributed by atoms with Gasteiger partial charge in [0, 0.05) is 38.0 Å². The number of nitrogens with zero attached hydrogens (tertiary/aromatic N) is 4. The zero-order valence-electron chi connectivity index (χ0n) is 14.4. The summed E-state index contributed by atoms with van der Waals surface area (Å²) in [7, 11) is 3.68. The fourth-order valence-electron chi connectivity index (χ4n) is 3.12. The first kappa shape index (κ1) is 15.4. The number of benzene rings is 1. The number of fused-ring (bicyclic) bond motifs is 2. The highest BCUT2D eigenvalue weighted by molar-refractivity contribution is 5.82. The van der Waals surface area contributed by atoms with E-state index in [2.05, 4.69) is 28.1 Å². The van der Waals surface area contributed by atoms with E-state index in [1.165, 1.54) is 6.20 Å². The summed E-state index contributed by atoms with van der Waals surface area (Å²) < 4.78 is 7.56. The van der Waals surface area contributed by atoms with Gasteiger partial charge >= 0.3 is 0 Å². The molecule has 1 aromatic carbocycles. The third-order valence-electron chi connectivity index (χ3n) is 4.45. The molecular formula is C18H19N5O2. The summed E-state index contributed by atoms with van der Waals surface area (Å²) in [5.41, 5.74) is 2.38. The van der Waals surface area contributed by atoms with E-state index in [1.807, 2.05) is 30.1 Å². The normalized spacial score (nSPS) is 11.5. The van der Waals surface area contributed by atoms with E-state index in [0.29, 0.717) is 23.5 Å². The quantitative estimate of drug-likeness (QED) is 0.619. The fourth-order valence-corrected chi connectivity index (χ4v) is 3.12. The van der Waals surface area contributed by atoms with Gasteiger partial charge in [-0.05, 0) is 6.07 Å². The third kappa shape index (κ3) is 2.48. The molecule has 1 N–H and O–H groups in total. The maximum atomic E-state index is 12.3. The molecule has 7 heteroatoms. The molecule has 128 valence electrons. The van der Waals surface area contributed by atoms with Crippen molar-refractivity contribution >= 4 is 28.0 Å². The van der Waals surface area contributed by atoms with Gasteiger partial charge in [0.1, 0.15) is 16.7 Å². The first-order valence-corrected chi connectivity index (χ1v) is 8.21. The monoisotopic (exact) mass is 337 g/mol. The number of H-pyrrole nitrogens is 1. The van der Waals surface area contributed by atoms with Crippen molar-refractivity contribution in [1.29, 1.82) is 0 Å². The zero-order chi connectivity index (χ0) is 17.6. The smallest absolute Gasteiger partial charge is 0.263 e. The van der Waals surface area contributed by atoms with Crippen molar-refractivity contribution in [2.45, 2.75) is 19.9 Å². The SMILES string of the molecule is CCc1oc2ccccc2c1CN(C)c1nc2c(cnn2C)c(=O)[nH]1. The summed E-state index contributed by atoms with van der Waals surface area (Å²) in [5.74, 6) is 1.46. The standard InChI is InChI=1S/C18H19N5O2/c1-4-14-13(11-7-5-6-8-15(11)25-14)10-22(2)18-20-16-12(17(24)21-18)9-19-23(16)3/h5-9H,4,10H2,1-3H3,(H,20,21,24). The molecule has 0 aliphatic carbocycles. The first-order chi connectivity index (χ1) is 12.1. The van der Waals surface area contributed by atoms with Crippen LogP contribution in [0, 0.1) is 0 Å². The van der Waals surface area contributed by atoms with Crippen LogP contribution in [0.25, 0.3) is 22.0 Å². The highest BCUT2D eigenvalue weighted by Crippen LogP contribution is 2.28. The van der Waals surface area contributed by atoms with Crippen molar-refractivity contribution in [1.82, 2.24) is 19.7 Å². The molecule has 4 rings (SSSR count). The van der Waals surface area contributed by atoms with Gasteiger partial charge in [-0.15, -0.1) is 0 Å². The lowest BCUT2D eigenvalue weighted by molar-refractivity contribution is 0.549. The maximum absolute atomic E-state index is 12.3. The zero-order valence-corrected chi connectivity index (χ0v) is 14.4. The number of hydrogen-bond donors (Lipinski definition) is 1. The lowest BCUT2D eigenvalue weighted by atomic mass is 10.1. The van der Waals surface area contributed by atoms with Crippen molar-refractivity contribution in [3.63, 3.8) is 0 Å². The molecule has 0 bridgehead atoms. The highest BCUT2D eigenvalue weighted by Gasteiger charge is 2.17. The number of anilines is 1. The van der Waals surface area contributed by atoms with Crippen LogP contribution in [-0.2, 0) is 20.0 Å². The predicted molar refractivity (Wildman–Crippen MR) is 96.8 cm³/mol. The van der Waals surface area contributed by atoms with Crippen LogP contribution in [0.5, 0.6) is 0 Å². The Morgan fingerprint density at radius 1 is 1.28 bits per heavy atom. The van der Waals surface area contributed by atoms with E-state index in [9.17, 15) is 4.79 Å². The number of aryl methyl sites for hydroxylation is 2. The summed E-state index contributed by atoms with van der Waals surface area (Å²) >= 11 is 0. The molecule has 25 heavy (non-hydrogen) atoms. The van der Waals surface area contributed by atoms with Gasteiger partial charge in [-0.25, -0.2) is 0 Å². The molecule has 0 atom stereocenters. The Hall–Kier alpha value is -3.09. The summed E-state index contributed by atoms with van der Waals surface area (Å²) in [6.07, 6.45) is 2.34. The Bertz CT molecular complexity index is 1120. The fraction of sp³-hybridized carbons (Fsp3) is 0.278. The summed E-state index contributed by atoms with van der Waals surface area (Å²) in [5, 5.41) is 5.68. The third-order valence-corrected chi connectivity index (χ3v) is 4.45. The minimum Gasteiger partial charge on any atom is -0.461 e. The molecule has 0 aliphatic heterocycles. The van der Waals surface area contributed by atoms with Crippen molar-refractivity contribution in [2.24, 2.45) is 7.05 Å². The van der Waals surface area contributed by atoms with Crippen molar-refractivity contribution in [2.75, 3.05) is 11.9 Å². The molecule has 7 nitrogen and oxygen atoms in total. The molecule has 0 spiro atoms. The van der Waals surface area contributed by atoms with Gasteiger partial charge in [0.15, 0.2) is 5.65 Å². The van der Waals surface area contributed by atoms with Crippen molar-refractivity contribution < 1.29 is 4.42 Å². The number of para-hydroxylation sites is 1. The number of nitrogens with one attached hydrogen (secondary N) is 1. The number of furan rings is 1. The topological polar surface area (TPSA) is 79.9 Å². The maximum Gasteiger partial charge on any atom is 0.263 e. The van der Waals surface area contributed by atoms with Crippen LogP contribution in [0.2, 0.25) is 0 Å². The van der Waals surface area contributed by atoms with Gasteiger partial charge in [-0.2, -0.15) is 10.1 Å². The van der Waals surface area contributed by atoms with Gasteiger partial charge in [0.2, 0.25) is 5.95 Å². The van der Waals surface area contributed by atoms with Crippen molar-refractivity contribution in [3.05, 3.63) is 52.1 Å². The number of hydrogen-bond acceptors (Lipinski definition) is 5. The van der Waals surface area contributed by atoms with Gasteiger partial charge in [0.25, 0.3) is 5.56 Å². The second kappa shape index (κ2) is 5.77. The van der Waals surface area contributed by atoms with E-state index < -0.39 is 0 Å². The molecule has 3 heterocycles. The second-order valence-electron chi connectivity index (χ2n) is 6.10. The van der Waals surface area contributed by atoms with Crippen LogP contribution < -0.4 is 10.5 Å². The van der Waals surface area contributed by atoms with E-state index in [0.717, 1.165) is 28.7 Å². The van der Waals surface area contributed by atoms with Gasteiger partial charge < -0.3 is 9.32 Å². The van der Waals surface area contributed by atoms with E-state index >= 15 is 0 Å². The van der Waals surface area contributed by atoms with Crippen LogP contribution >= 0.6 is 0 Å². The molecular weight excluding hydrogens is 318 g/mol. The molecule has 0 radical (unpaired) electrons. The van der Waals surface area contributed by atoms with Crippen LogP contribution in [0.1, 0.15) is 18.2 Å². The minimum atomic E-state index is -0.187. The molecule has 0 fully saturated rings. The minimum absolute atomic E-state index is 0.187. The molecule has 0 saturated carbocycles. The molecule has 0 amide bonds. The summed E-state index contributed by atoms with van der Waals surface area (Å²) in [6.45, 7) is 2.66. The Balaban J connectivity index is 1.77. The lowest BCUT2D eigenvalue weighted by Gasteiger charge is -2.17. The number of aromatic amines is 1. The van der Waals surface area contributed by atoms with Crippen LogP contribution in [0.15, 0.2) is 39.7 Å². The van der Waals surface area contributed by atoms with E-state index in [4.69, 9.17) is 4.42 Å². The average molecular weight is 337 g/mol. The summed E-state index contributed by atoms with van der Waals surface area (Å²) in [4.78, 5) is 21.6. The van der Waals surface area contributed by atoms with Crippen molar-refractivity contribution in [3.8, 4) is 0 Å². The van der Waals surface area contributed by atoms with E-state index in [-0.39, 0.29) is 5.56 Å². The predicted octanol–water partition coefficient (Wildman–Crippen LogP) is 2.60. The van der Waals surface area contributed by atoms with Gasteiger partial charge in [-0.3, -0.25) is 14.5 Å². The molecule has 4 aromatic rings. The Morgan fingerprint density at radius 3 is 2.88 bits per heavy atom. The molecule has 0 unspecified atom stereocenters. The van der Waals surface area contributed by atoms with Crippen LogP contribution in [0.3, 0.4) is 0 Å². The van der Waals surface area contributed by atoms with Gasteiger partial charge in [-0.1, -0.05) is 25.1 Å². The Labute approximate surface area is 143 Å². The van der Waals surface area contributed by atoms with Crippen LogP contribution in [0.4, 0.5) is 5.95 Å². The second-order valence-corrected chi connectivity index (χ2v) is 6.10. The lowest BCUT2D eigenvalue weighted by Crippen LogP contribution is -2.23. The molecule has 0 saturated heterocycles. The number of rotatable bonds is 4. The summed E-state index contributed by atoms with van der Waals surface area (Å²) in [6, 6.07) is 8.00. The first-order valence-electron chi connectivity index (χ1n) is 8.21. The Morgan fingerprint density at radius 2 is 2.08 bits per heavy atom. The Kier molecular flexibility index (Phi) is 3.56. The number of aromatic nitrogens is 4. The van der Waals surface area contributed by atoms with Gasteiger partial charge in [0.05, 0.1) is 6.20 Å². The molecule has 0 aliphatic rings. The average Bonchev–Trinajstić information content (AvgIpc) is 3.16. The highest BCUT2D eigenvalue weighted by atomic mass is 16.3. The molecule has 3 aromatic heterocycles. The van der Waals surface area contributed by atoms with E-state index in [1.54, 1.807) is 11.7 Å².